The molecule has 0 spiro atoms. The Bertz CT molecular complexity index is 1020. The smallest absolute Gasteiger partial charge is 0.262 e. The Balaban J connectivity index is 1.58. The van der Waals surface area contributed by atoms with Crippen LogP contribution in [-0.4, -0.2) is 45.4 Å². The number of nitrogens with one attached hydrogen (secondary N) is 1. The minimum absolute atomic E-state index is 0.0144. The molecule has 148 valence electrons. The molecule has 1 atom stereocenters. The standard InChI is InChI=1S/C19H19ClN2O5S/c1-26-14-4-2-12(3-5-14)13-6-7-22(10-13)28(24,25)18-9-17-16(8-15(18)20)21-19(23)11-27-17/h2-5,8-9,13H,6-7,10-11H2,1H3,(H,21,23). The van der Waals surface area contributed by atoms with Crippen LogP contribution in [0.3, 0.4) is 0 Å². The summed E-state index contributed by atoms with van der Waals surface area (Å²) in [5.41, 5.74) is 1.44. The van der Waals surface area contributed by atoms with Gasteiger partial charge in [0.2, 0.25) is 10.0 Å². The highest BCUT2D eigenvalue weighted by atomic mass is 35.5. The number of hydrogen-bond acceptors (Lipinski definition) is 5. The first-order valence-corrected chi connectivity index (χ1v) is 10.6. The van der Waals surface area contributed by atoms with Crippen molar-refractivity contribution in [2.45, 2.75) is 17.2 Å². The van der Waals surface area contributed by atoms with Crippen LogP contribution in [0.15, 0.2) is 41.3 Å². The Hall–Kier alpha value is -2.29. The molecule has 2 aliphatic heterocycles. The molecule has 1 unspecified atom stereocenters. The van der Waals surface area contributed by atoms with Gasteiger partial charge >= 0.3 is 0 Å². The van der Waals surface area contributed by atoms with E-state index < -0.39 is 10.0 Å². The summed E-state index contributed by atoms with van der Waals surface area (Å²) < 4.78 is 38.3. The quantitative estimate of drug-likeness (QED) is 0.818. The highest BCUT2D eigenvalue weighted by Gasteiger charge is 2.35. The second-order valence-corrected chi connectivity index (χ2v) is 9.05. The van der Waals surface area contributed by atoms with Crippen LogP contribution in [0.4, 0.5) is 5.69 Å². The van der Waals surface area contributed by atoms with Gasteiger partial charge in [0, 0.05) is 19.2 Å². The predicted molar refractivity (Wildman–Crippen MR) is 105 cm³/mol. The number of ether oxygens (including phenoxy) is 2. The van der Waals surface area contributed by atoms with Gasteiger partial charge in [0.05, 0.1) is 17.8 Å². The molecule has 0 bridgehead atoms. The Kier molecular flexibility index (Phi) is 4.95. The van der Waals surface area contributed by atoms with E-state index in [-0.39, 0.29) is 28.4 Å². The van der Waals surface area contributed by atoms with Crippen molar-refractivity contribution in [2.75, 3.05) is 32.1 Å². The van der Waals surface area contributed by atoms with Crippen molar-refractivity contribution >= 4 is 33.2 Å². The van der Waals surface area contributed by atoms with Gasteiger partial charge in [-0.05, 0) is 36.1 Å². The molecule has 2 heterocycles. The summed E-state index contributed by atoms with van der Waals surface area (Å²) in [6.07, 6.45) is 0.723. The first-order chi connectivity index (χ1) is 13.4. The molecule has 1 saturated heterocycles. The van der Waals surface area contributed by atoms with Crippen molar-refractivity contribution in [3.05, 3.63) is 47.0 Å². The van der Waals surface area contributed by atoms with Crippen molar-refractivity contribution in [2.24, 2.45) is 0 Å². The Morgan fingerprint density at radius 1 is 1.25 bits per heavy atom. The van der Waals surface area contributed by atoms with Gasteiger partial charge in [0.15, 0.2) is 6.61 Å². The number of anilines is 1. The molecule has 2 aromatic carbocycles. The SMILES string of the molecule is COc1ccc(C2CCN(S(=O)(=O)c3cc4c(cc3Cl)NC(=O)CO4)C2)cc1. The molecule has 2 aromatic rings. The second-order valence-electron chi connectivity index (χ2n) is 6.74. The van der Waals surface area contributed by atoms with Crippen molar-refractivity contribution in [3.63, 3.8) is 0 Å². The zero-order valence-electron chi connectivity index (χ0n) is 15.1. The molecule has 4 rings (SSSR count). The van der Waals surface area contributed by atoms with Crippen LogP contribution in [-0.2, 0) is 14.8 Å². The van der Waals surface area contributed by atoms with E-state index in [1.165, 1.54) is 16.4 Å². The molecule has 0 aliphatic carbocycles. The number of carbonyl (C=O) groups is 1. The minimum atomic E-state index is -3.79. The third-order valence-electron chi connectivity index (χ3n) is 5.02. The number of amides is 1. The number of sulfonamides is 1. The fraction of sp³-hybridized carbons (Fsp3) is 0.316. The van der Waals surface area contributed by atoms with Crippen molar-refractivity contribution in [1.29, 1.82) is 0 Å². The fourth-order valence-corrected chi connectivity index (χ4v) is 5.53. The predicted octanol–water partition coefficient (Wildman–Crippen LogP) is 2.86. The van der Waals surface area contributed by atoms with E-state index >= 15 is 0 Å². The van der Waals surface area contributed by atoms with Crippen molar-refractivity contribution in [1.82, 2.24) is 4.31 Å². The highest BCUT2D eigenvalue weighted by molar-refractivity contribution is 7.89. The summed E-state index contributed by atoms with van der Waals surface area (Å²) in [6.45, 7) is 0.626. The van der Waals surface area contributed by atoms with E-state index in [2.05, 4.69) is 5.32 Å². The van der Waals surface area contributed by atoms with E-state index in [4.69, 9.17) is 21.1 Å². The molecule has 28 heavy (non-hydrogen) atoms. The number of halogens is 1. The van der Waals surface area contributed by atoms with E-state index in [9.17, 15) is 13.2 Å². The van der Waals surface area contributed by atoms with Crippen molar-refractivity contribution in [3.8, 4) is 11.5 Å². The molecule has 0 radical (unpaired) electrons. The molecule has 0 aromatic heterocycles. The fourth-order valence-electron chi connectivity index (χ4n) is 3.51. The third kappa shape index (κ3) is 3.43. The number of hydrogen-bond donors (Lipinski definition) is 1. The number of fused-ring (bicyclic) bond motifs is 1. The molecule has 1 N–H and O–H groups in total. The maximum absolute atomic E-state index is 13.2. The van der Waals surface area contributed by atoms with Crippen LogP contribution in [0.25, 0.3) is 0 Å². The molecule has 1 amide bonds. The lowest BCUT2D eigenvalue weighted by Crippen LogP contribution is -2.30. The summed E-state index contributed by atoms with van der Waals surface area (Å²) in [5, 5.41) is 2.67. The van der Waals surface area contributed by atoms with Crippen LogP contribution in [0.1, 0.15) is 17.9 Å². The van der Waals surface area contributed by atoms with E-state index in [0.29, 0.717) is 24.5 Å². The maximum atomic E-state index is 13.2. The lowest BCUT2D eigenvalue weighted by Gasteiger charge is -2.22. The minimum Gasteiger partial charge on any atom is -0.497 e. The number of rotatable bonds is 4. The van der Waals surface area contributed by atoms with Crippen LogP contribution in [0, 0.1) is 0 Å². The topological polar surface area (TPSA) is 84.9 Å². The monoisotopic (exact) mass is 422 g/mol. The third-order valence-corrected chi connectivity index (χ3v) is 7.35. The summed E-state index contributed by atoms with van der Waals surface area (Å²) in [4.78, 5) is 11.4. The summed E-state index contributed by atoms with van der Waals surface area (Å²) in [6, 6.07) is 10.5. The van der Waals surface area contributed by atoms with Crippen molar-refractivity contribution < 1.29 is 22.7 Å². The van der Waals surface area contributed by atoms with Crippen LogP contribution in [0.2, 0.25) is 5.02 Å². The number of benzene rings is 2. The normalized spacial score (nSPS) is 19.6. The first-order valence-electron chi connectivity index (χ1n) is 8.79. The Morgan fingerprint density at radius 3 is 2.71 bits per heavy atom. The van der Waals surface area contributed by atoms with Crippen LogP contribution >= 0.6 is 11.6 Å². The van der Waals surface area contributed by atoms with E-state index in [1.807, 2.05) is 24.3 Å². The number of nitrogens with zero attached hydrogens (tertiary/aromatic N) is 1. The molecular weight excluding hydrogens is 404 g/mol. The van der Waals surface area contributed by atoms with Crippen LogP contribution in [0.5, 0.6) is 11.5 Å². The summed E-state index contributed by atoms with van der Waals surface area (Å²) in [7, 11) is -2.18. The summed E-state index contributed by atoms with van der Waals surface area (Å²) in [5.74, 6) is 0.862. The number of carbonyl (C=O) groups excluding carboxylic acids is 1. The molecule has 9 heteroatoms. The van der Waals surface area contributed by atoms with Gasteiger partial charge in [-0.3, -0.25) is 4.79 Å². The second kappa shape index (κ2) is 7.27. The van der Waals surface area contributed by atoms with Gasteiger partial charge in [-0.2, -0.15) is 4.31 Å². The van der Waals surface area contributed by atoms with Gasteiger partial charge in [-0.25, -0.2) is 8.42 Å². The largest absolute Gasteiger partial charge is 0.497 e. The van der Waals surface area contributed by atoms with E-state index in [1.54, 1.807) is 7.11 Å². The highest BCUT2D eigenvalue weighted by Crippen LogP contribution is 2.39. The molecule has 1 fully saturated rings. The Labute approximate surface area is 168 Å². The number of methoxy groups -OCH3 is 1. The zero-order chi connectivity index (χ0) is 19.9. The zero-order valence-corrected chi connectivity index (χ0v) is 16.7. The lowest BCUT2D eigenvalue weighted by molar-refractivity contribution is -0.118. The molecule has 2 aliphatic rings. The molecular formula is C19H19ClN2O5S. The molecule has 7 nitrogen and oxygen atoms in total. The average Bonchev–Trinajstić information content (AvgIpc) is 3.18. The maximum Gasteiger partial charge on any atom is 0.262 e. The lowest BCUT2D eigenvalue weighted by atomic mass is 9.99. The molecule has 0 saturated carbocycles. The first kappa shape index (κ1) is 19.0. The Morgan fingerprint density at radius 2 is 2.00 bits per heavy atom. The van der Waals surface area contributed by atoms with Gasteiger partial charge in [0.25, 0.3) is 5.91 Å². The summed E-state index contributed by atoms with van der Waals surface area (Å²) >= 11 is 6.23. The van der Waals surface area contributed by atoms with Gasteiger partial charge < -0.3 is 14.8 Å². The average molecular weight is 423 g/mol. The van der Waals surface area contributed by atoms with Gasteiger partial charge in [-0.1, -0.05) is 23.7 Å². The van der Waals surface area contributed by atoms with Crippen LogP contribution < -0.4 is 14.8 Å². The van der Waals surface area contributed by atoms with Gasteiger partial charge in [-0.15, -0.1) is 0 Å². The van der Waals surface area contributed by atoms with E-state index in [0.717, 1.165) is 17.7 Å². The van der Waals surface area contributed by atoms with Gasteiger partial charge in [0.1, 0.15) is 16.4 Å².